The van der Waals surface area contributed by atoms with Gasteiger partial charge in [0.2, 0.25) is 0 Å². The number of pyridine rings is 1. The molecule has 2 N–H and O–H groups in total. The predicted molar refractivity (Wildman–Crippen MR) is 118 cm³/mol. The molecule has 3 aromatic rings. The van der Waals surface area contributed by atoms with Crippen LogP contribution in [-0.4, -0.2) is 21.7 Å². The Morgan fingerprint density at radius 1 is 1.20 bits per heavy atom. The average Bonchev–Trinajstić information content (AvgIpc) is 2.67. The van der Waals surface area contributed by atoms with E-state index in [-0.39, 0.29) is 10.7 Å². The Hall–Kier alpha value is -2.77. The van der Waals surface area contributed by atoms with Gasteiger partial charge in [-0.25, -0.2) is 9.18 Å². The van der Waals surface area contributed by atoms with Crippen molar-refractivity contribution in [3.63, 3.8) is 0 Å². The van der Waals surface area contributed by atoms with E-state index < -0.39 is 17.4 Å². The van der Waals surface area contributed by atoms with E-state index in [0.29, 0.717) is 16.9 Å². The molecule has 0 unspecified atom stereocenters. The molecule has 1 heterocycles. The van der Waals surface area contributed by atoms with E-state index in [2.05, 4.69) is 9.71 Å². The van der Waals surface area contributed by atoms with E-state index in [1.54, 1.807) is 42.7 Å². The summed E-state index contributed by atoms with van der Waals surface area (Å²) < 4.78 is 23.3. The first-order chi connectivity index (χ1) is 14.2. The van der Waals surface area contributed by atoms with Crippen LogP contribution in [0.3, 0.4) is 0 Å². The second-order valence-corrected chi connectivity index (χ2v) is 8.47. The Bertz CT molecular complexity index is 1070. The van der Waals surface area contributed by atoms with Crippen LogP contribution in [0.25, 0.3) is 11.1 Å². The normalized spacial score (nSPS) is 11.2. The van der Waals surface area contributed by atoms with Crippen LogP contribution >= 0.6 is 23.5 Å². The number of aromatic nitrogens is 1. The van der Waals surface area contributed by atoms with Gasteiger partial charge in [-0.15, -0.1) is 0 Å². The number of aryl methyl sites for hydroxylation is 1. The summed E-state index contributed by atoms with van der Waals surface area (Å²) in [7, 11) is 0. The molecule has 0 spiro atoms. The Labute approximate surface area is 183 Å². The summed E-state index contributed by atoms with van der Waals surface area (Å²) in [5, 5.41) is 9.47. The number of ether oxygens (including phenoxy) is 1. The van der Waals surface area contributed by atoms with Gasteiger partial charge in [0.15, 0.2) is 5.60 Å². The van der Waals surface area contributed by atoms with Crippen molar-refractivity contribution < 1.29 is 19.0 Å². The number of halogens is 2. The summed E-state index contributed by atoms with van der Waals surface area (Å²) in [4.78, 5) is 16.2. The molecule has 0 aliphatic rings. The molecule has 2 aromatic carbocycles. The van der Waals surface area contributed by atoms with Gasteiger partial charge in [0, 0.05) is 27.9 Å². The molecule has 0 bridgehead atoms. The summed E-state index contributed by atoms with van der Waals surface area (Å²) in [6, 6.07) is 11.6. The minimum Gasteiger partial charge on any atom is -0.478 e. The maximum atomic E-state index is 14.7. The molecule has 0 saturated carbocycles. The number of carboxylic acid groups (broad SMARTS) is 1. The van der Waals surface area contributed by atoms with Crippen molar-refractivity contribution in [1.29, 1.82) is 0 Å². The standard InChI is InChI=1S/C22H20ClFN2O3S/c1-13-8-17(12-25-11-13)30-26-20-18(9-15(23)10-19(20)24)14-4-6-16(7-5-14)29-22(2,3)21(27)28/h4-12,26H,1-3H3,(H,27,28). The summed E-state index contributed by atoms with van der Waals surface area (Å²) in [6.07, 6.45) is 3.43. The summed E-state index contributed by atoms with van der Waals surface area (Å²) in [5.74, 6) is -1.17. The zero-order chi connectivity index (χ0) is 21.9. The van der Waals surface area contributed by atoms with Crippen molar-refractivity contribution in [3.8, 4) is 16.9 Å². The van der Waals surface area contributed by atoms with E-state index >= 15 is 0 Å². The molecule has 0 aliphatic heterocycles. The summed E-state index contributed by atoms with van der Waals surface area (Å²) in [6.45, 7) is 4.87. The molecule has 156 valence electrons. The van der Waals surface area contributed by atoms with Crippen molar-refractivity contribution in [2.24, 2.45) is 0 Å². The van der Waals surface area contributed by atoms with Gasteiger partial charge in [-0.3, -0.25) is 4.98 Å². The fraction of sp³-hybridized carbons (Fsp3) is 0.182. The third-order valence-corrected chi connectivity index (χ3v) is 5.21. The first-order valence-corrected chi connectivity index (χ1v) is 10.2. The highest BCUT2D eigenvalue weighted by Gasteiger charge is 2.29. The third kappa shape index (κ3) is 5.23. The largest absolute Gasteiger partial charge is 0.478 e. The quantitative estimate of drug-likeness (QED) is 0.420. The maximum absolute atomic E-state index is 14.7. The van der Waals surface area contributed by atoms with E-state index in [1.165, 1.54) is 31.9 Å². The molecule has 30 heavy (non-hydrogen) atoms. The van der Waals surface area contributed by atoms with Crippen LogP contribution in [-0.2, 0) is 4.79 Å². The first kappa shape index (κ1) is 21.9. The average molecular weight is 447 g/mol. The lowest BCUT2D eigenvalue weighted by Crippen LogP contribution is -2.37. The number of nitrogens with one attached hydrogen (secondary N) is 1. The highest BCUT2D eigenvalue weighted by Crippen LogP contribution is 2.37. The van der Waals surface area contributed by atoms with Crippen molar-refractivity contribution in [3.05, 3.63) is 71.3 Å². The molecule has 5 nitrogen and oxygen atoms in total. The van der Waals surface area contributed by atoms with Gasteiger partial charge < -0.3 is 14.6 Å². The zero-order valence-corrected chi connectivity index (χ0v) is 18.1. The van der Waals surface area contributed by atoms with Crippen LogP contribution in [0, 0.1) is 12.7 Å². The third-order valence-electron chi connectivity index (χ3n) is 4.23. The minimum absolute atomic E-state index is 0.266. The molecular formula is C22H20ClFN2O3S. The van der Waals surface area contributed by atoms with Gasteiger partial charge in [0.25, 0.3) is 0 Å². The smallest absolute Gasteiger partial charge is 0.347 e. The lowest BCUT2D eigenvalue weighted by atomic mass is 10.0. The summed E-state index contributed by atoms with van der Waals surface area (Å²) in [5.41, 5.74) is 1.18. The predicted octanol–water partition coefficient (Wildman–Crippen LogP) is 6.21. The van der Waals surface area contributed by atoms with E-state index in [1.807, 2.05) is 13.0 Å². The lowest BCUT2D eigenvalue weighted by Gasteiger charge is -2.21. The number of nitrogens with zero attached hydrogens (tertiary/aromatic N) is 1. The number of hydrogen-bond acceptors (Lipinski definition) is 5. The minimum atomic E-state index is -1.37. The molecule has 0 atom stereocenters. The fourth-order valence-electron chi connectivity index (χ4n) is 2.64. The van der Waals surface area contributed by atoms with Crippen LogP contribution in [0.15, 0.2) is 59.8 Å². The van der Waals surface area contributed by atoms with Gasteiger partial charge in [-0.05, 0) is 74.2 Å². The van der Waals surface area contributed by atoms with E-state index in [0.717, 1.165) is 10.5 Å². The lowest BCUT2D eigenvalue weighted by molar-refractivity contribution is -0.152. The Balaban J connectivity index is 1.88. The van der Waals surface area contributed by atoms with Crippen LogP contribution in [0.5, 0.6) is 5.75 Å². The van der Waals surface area contributed by atoms with E-state index in [9.17, 15) is 14.3 Å². The van der Waals surface area contributed by atoms with Gasteiger partial charge in [0.05, 0.1) is 5.69 Å². The summed E-state index contributed by atoms with van der Waals surface area (Å²) >= 11 is 7.33. The zero-order valence-electron chi connectivity index (χ0n) is 16.6. The molecule has 0 fully saturated rings. The highest BCUT2D eigenvalue weighted by atomic mass is 35.5. The molecule has 1 aromatic heterocycles. The van der Waals surface area contributed by atoms with Gasteiger partial charge in [0.1, 0.15) is 11.6 Å². The van der Waals surface area contributed by atoms with Crippen LogP contribution in [0.2, 0.25) is 5.02 Å². The van der Waals surface area contributed by atoms with Crippen LogP contribution in [0.1, 0.15) is 19.4 Å². The molecule has 0 radical (unpaired) electrons. The second-order valence-electron chi connectivity index (χ2n) is 7.15. The number of anilines is 1. The monoisotopic (exact) mass is 446 g/mol. The number of aliphatic carboxylic acids is 1. The Morgan fingerprint density at radius 3 is 2.53 bits per heavy atom. The van der Waals surface area contributed by atoms with Crippen LogP contribution in [0.4, 0.5) is 10.1 Å². The van der Waals surface area contributed by atoms with E-state index in [4.69, 9.17) is 16.3 Å². The van der Waals surface area contributed by atoms with Gasteiger partial charge in [-0.1, -0.05) is 23.7 Å². The first-order valence-electron chi connectivity index (χ1n) is 9.02. The highest BCUT2D eigenvalue weighted by molar-refractivity contribution is 8.00. The van der Waals surface area contributed by atoms with Gasteiger partial charge >= 0.3 is 5.97 Å². The molecular weight excluding hydrogens is 427 g/mol. The Kier molecular flexibility index (Phi) is 6.53. The molecule has 0 amide bonds. The fourth-order valence-corrected chi connectivity index (χ4v) is 3.63. The van der Waals surface area contributed by atoms with Gasteiger partial charge in [-0.2, -0.15) is 0 Å². The van der Waals surface area contributed by atoms with Crippen molar-refractivity contribution in [2.75, 3.05) is 4.72 Å². The second kappa shape index (κ2) is 8.93. The molecule has 0 saturated heterocycles. The Morgan fingerprint density at radius 2 is 1.90 bits per heavy atom. The number of carbonyl (C=O) groups is 1. The van der Waals surface area contributed by atoms with Crippen molar-refractivity contribution in [2.45, 2.75) is 31.3 Å². The number of rotatable bonds is 7. The molecule has 0 aliphatic carbocycles. The van der Waals surface area contributed by atoms with Crippen molar-refractivity contribution in [1.82, 2.24) is 4.98 Å². The maximum Gasteiger partial charge on any atom is 0.347 e. The van der Waals surface area contributed by atoms with Crippen molar-refractivity contribution >= 4 is 35.2 Å². The molecule has 8 heteroatoms. The topological polar surface area (TPSA) is 71.5 Å². The number of carboxylic acids is 1. The van der Waals surface area contributed by atoms with Crippen LogP contribution < -0.4 is 9.46 Å². The molecule has 3 rings (SSSR count). The number of benzene rings is 2. The SMILES string of the molecule is Cc1cncc(SNc2c(F)cc(Cl)cc2-c2ccc(OC(C)(C)C(=O)O)cc2)c1. The number of hydrogen-bond donors (Lipinski definition) is 2.